The molecule has 0 aromatic heterocycles. The molecule has 16 heavy (non-hydrogen) atoms. The summed E-state index contributed by atoms with van der Waals surface area (Å²) in [6.07, 6.45) is 2.05. The molecule has 2 atom stereocenters. The summed E-state index contributed by atoms with van der Waals surface area (Å²) in [4.78, 5) is 0. The summed E-state index contributed by atoms with van der Waals surface area (Å²) in [5.74, 6) is 0.611. The van der Waals surface area contributed by atoms with Crippen LogP contribution in [0.4, 0.5) is 0 Å². The van der Waals surface area contributed by atoms with E-state index in [0.717, 1.165) is 26.0 Å². The third kappa shape index (κ3) is 6.43. The zero-order chi connectivity index (χ0) is 11.8. The normalized spacial score (nSPS) is 22.9. The van der Waals surface area contributed by atoms with Gasteiger partial charge in [-0.3, -0.25) is 0 Å². The molecule has 0 aromatic rings. The molecule has 0 radical (unpaired) electrons. The molecule has 0 spiro atoms. The van der Waals surface area contributed by atoms with E-state index in [4.69, 9.17) is 9.47 Å². The lowest BCUT2D eigenvalue weighted by Gasteiger charge is -2.15. The Hall–Kier alpha value is -0.160. The van der Waals surface area contributed by atoms with Crippen molar-refractivity contribution in [1.29, 1.82) is 0 Å². The van der Waals surface area contributed by atoms with E-state index in [1.807, 2.05) is 0 Å². The minimum atomic E-state index is -0.417. The fraction of sp³-hybridized carbons (Fsp3) is 1.00. The maximum Gasteiger partial charge on any atom is 0.0897 e. The van der Waals surface area contributed by atoms with Crippen molar-refractivity contribution in [2.24, 2.45) is 5.92 Å². The molecule has 1 fully saturated rings. The Morgan fingerprint density at radius 1 is 1.44 bits per heavy atom. The first-order valence-electron chi connectivity index (χ1n) is 6.26. The molecule has 1 aliphatic rings. The quantitative estimate of drug-likeness (QED) is 0.648. The number of aliphatic hydroxyl groups is 1. The molecule has 1 rings (SSSR count). The summed E-state index contributed by atoms with van der Waals surface area (Å²) >= 11 is 0. The summed E-state index contributed by atoms with van der Waals surface area (Å²) in [6.45, 7) is 7.69. The van der Waals surface area contributed by atoms with Gasteiger partial charge in [0.05, 0.1) is 25.4 Å². The molecular weight excluding hydrogens is 206 g/mol. The van der Waals surface area contributed by atoms with E-state index in [2.05, 4.69) is 19.2 Å². The zero-order valence-corrected chi connectivity index (χ0v) is 10.4. The van der Waals surface area contributed by atoms with E-state index in [0.29, 0.717) is 25.7 Å². The second kappa shape index (κ2) is 8.01. The Balaban J connectivity index is 1.91. The highest BCUT2D eigenvalue weighted by Crippen LogP contribution is 2.11. The van der Waals surface area contributed by atoms with Crippen molar-refractivity contribution in [3.05, 3.63) is 0 Å². The summed E-state index contributed by atoms with van der Waals surface area (Å²) in [5, 5.41) is 12.8. The summed E-state index contributed by atoms with van der Waals surface area (Å²) in [7, 11) is 0. The molecule has 96 valence electrons. The van der Waals surface area contributed by atoms with Crippen molar-refractivity contribution in [3.63, 3.8) is 0 Å². The molecule has 1 saturated heterocycles. The monoisotopic (exact) mass is 231 g/mol. The van der Waals surface area contributed by atoms with Gasteiger partial charge >= 0.3 is 0 Å². The van der Waals surface area contributed by atoms with Gasteiger partial charge in [-0.25, -0.2) is 0 Å². The second-order valence-corrected chi connectivity index (χ2v) is 4.88. The van der Waals surface area contributed by atoms with Crippen LogP contribution in [0.2, 0.25) is 0 Å². The Morgan fingerprint density at radius 3 is 2.88 bits per heavy atom. The van der Waals surface area contributed by atoms with Crippen molar-refractivity contribution < 1.29 is 14.6 Å². The van der Waals surface area contributed by atoms with E-state index in [1.165, 1.54) is 0 Å². The van der Waals surface area contributed by atoms with Gasteiger partial charge in [0.25, 0.3) is 0 Å². The fourth-order valence-electron chi connectivity index (χ4n) is 1.71. The largest absolute Gasteiger partial charge is 0.389 e. The van der Waals surface area contributed by atoms with Crippen molar-refractivity contribution in [1.82, 2.24) is 5.32 Å². The number of rotatable bonds is 8. The summed E-state index contributed by atoms with van der Waals surface area (Å²) < 4.78 is 10.8. The van der Waals surface area contributed by atoms with Crippen molar-refractivity contribution in [2.75, 3.05) is 32.9 Å². The van der Waals surface area contributed by atoms with Gasteiger partial charge < -0.3 is 19.9 Å². The van der Waals surface area contributed by atoms with Gasteiger partial charge in [0, 0.05) is 13.2 Å². The molecule has 1 aliphatic heterocycles. The Bertz CT molecular complexity index is 170. The predicted octanol–water partition coefficient (Wildman–Crippen LogP) is 0.788. The molecular formula is C12H25NO3. The van der Waals surface area contributed by atoms with Crippen LogP contribution in [0, 0.1) is 5.92 Å². The summed E-state index contributed by atoms with van der Waals surface area (Å²) in [6, 6.07) is 0. The Morgan fingerprint density at radius 2 is 2.25 bits per heavy atom. The van der Waals surface area contributed by atoms with Crippen LogP contribution < -0.4 is 5.32 Å². The lowest BCUT2D eigenvalue weighted by molar-refractivity contribution is -0.0164. The molecule has 2 unspecified atom stereocenters. The maximum absolute atomic E-state index is 9.61. The van der Waals surface area contributed by atoms with Crippen molar-refractivity contribution in [2.45, 2.75) is 38.9 Å². The number of hydrogen-bond acceptors (Lipinski definition) is 4. The van der Waals surface area contributed by atoms with Gasteiger partial charge in [-0.2, -0.15) is 0 Å². The van der Waals surface area contributed by atoms with Crippen LogP contribution in [0.1, 0.15) is 26.7 Å². The van der Waals surface area contributed by atoms with Crippen LogP contribution >= 0.6 is 0 Å². The minimum absolute atomic E-state index is 0.246. The van der Waals surface area contributed by atoms with E-state index in [1.54, 1.807) is 0 Å². The maximum atomic E-state index is 9.61. The van der Waals surface area contributed by atoms with Gasteiger partial charge in [-0.15, -0.1) is 0 Å². The highest BCUT2D eigenvalue weighted by molar-refractivity contribution is 4.65. The van der Waals surface area contributed by atoms with Crippen LogP contribution in [0.5, 0.6) is 0 Å². The molecule has 0 aliphatic carbocycles. The molecule has 4 nitrogen and oxygen atoms in total. The molecule has 1 heterocycles. The van der Waals surface area contributed by atoms with Crippen LogP contribution in [-0.4, -0.2) is 50.2 Å². The molecule has 2 N–H and O–H groups in total. The minimum Gasteiger partial charge on any atom is -0.389 e. The van der Waals surface area contributed by atoms with Gasteiger partial charge in [-0.05, 0) is 25.3 Å². The first-order valence-corrected chi connectivity index (χ1v) is 6.26. The number of ether oxygens (including phenoxy) is 2. The lowest BCUT2D eigenvalue weighted by atomic mass is 10.2. The smallest absolute Gasteiger partial charge is 0.0897 e. The average molecular weight is 231 g/mol. The molecule has 0 bridgehead atoms. The van der Waals surface area contributed by atoms with E-state index < -0.39 is 6.10 Å². The van der Waals surface area contributed by atoms with E-state index >= 15 is 0 Å². The first kappa shape index (κ1) is 13.9. The second-order valence-electron chi connectivity index (χ2n) is 4.88. The average Bonchev–Trinajstić information content (AvgIpc) is 2.70. The summed E-state index contributed by atoms with van der Waals surface area (Å²) in [5.41, 5.74) is 0. The zero-order valence-electron chi connectivity index (χ0n) is 10.4. The third-order valence-electron chi connectivity index (χ3n) is 2.57. The van der Waals surface area contributed by atoms with Crippen molar-refractivity contribution >= 4 is 0 Å². The third-order valence-corrected chi connectivity index (χ3v) is 2.57. The Labute approximate surface area is 98.3 Å². The van der Waals surface area contributed by atoms with E-state index in [-0.39, 0.29) is 6.10 Å². The number of hydrogen-bond donors (Lipinski definition) is 2. The highest BCUT2D eigenvalue weighted by Gasteiger charge is 2.15. The predicted molar refractivity (Wildman–Crippen MR) is 63.5 cm³/mol. The molecule has 0 saturated carbocycles. The highest BCUT2D eigenvalue weighted by atomic mass is 16.5. The first-order chi connectivity index (χ1) is 7.68. The van der Waals surface area contributed by atoms with Crippen LogP contribution in [0.3, 0.4) is 0 Å². The van der Waals surface area contributed by atoms with Gasteiger partial charge in [0.15, 0.2) is 0 Å². The number of nitrogens with one attached hydrogen (secondary N) is 1. The standard InChI is InChI=1S/C12H25NO3/c1-10(2)6-13-7-11(14)8-15-9-12-4-3-5-16-12/h10-14H,3-9H2,1-2H3. The fourth-order valence-corrected chi connectivity index (χ4v) is 1.71. The van der Waals surface area contributed by atoms with Crippen LogP contribution in [-0.2, 0) is 9.47 Å². The van der Waals surface area contributed by atoms with Crippen LogP contribution in [0.15, 0.2) is 0 Å². The van der Waals surface area contributed by atoms with Gasteiger partial charge in [-0.1, -0.05) is 13.8 Å². The molecule has 0 amide bonds. The van der Waals surface area contributed by atoms with Crippen LogP contribution in [0.25, 0.3) is 0 Å². The number of aliphatic hydroxyl groups excluding tert-OH is 1. The lowest BCUT2D eigenvalue weighted by Crippen LogP contribution is -2.33. The SMILES string of the molecule is CC(C)CNCC(O)COCC1CCCO1. The van der Waals surface area contributed by atoms with Crippen molar-refractivity contribution in [3.8, 4) is 0 Å². The molecule has 0 aromatic carbocycles. The van der Waals surface area contributed by atoms with Gasteiger partial charge in [0.2, 0.25) is 0 Å². The topological polar surface area (TPSA) is 50.7 Å². The molecule has 4 heteroatoms. The Kier molecular flexibility index (Phi) is 6.96. The van der Waals surface area contributed by atoms with Gasteiger partial charge in [0.1, 0.15) is 0 Å². The van der Waals surface area contributed by atoms with E-state index in [9.17, 15) is 5.11 Å².